The molecule has 0 unspecified atom stereocenters. The molecule has 66 heavy (non-hydrogen) atoms. The highest BCUT2D eigenvalue weighted by molar-refractivity contribution is 7.43. The molecule has 0 aliphatic heterocycles. The Hall–Kier alpha value is -7.47. The SMILES string of the molecule is COc1ccc(C(C)=O)c(OP(Oc2cc(OC)ccc2C(C)=O)Oc2ccccc2C(=O)c2ccccc2OP(Oc2cc(OC)ccc2C(C)=O)Oc2cc(OC)ccc2C(C)=O)c1. The number of hydrogen-bond donors (Lipinski definition) is 0. The van der Waals surface area contributed by atoms with Crippen LogP contribution in [0, 0.1) is 0 Å². The van der Waals surface area contributed by atoms with Crippen LogP contribution >= 0.6 is 17.2 Å². The summed E-state index contributed by atoms with van der Waals surface area (Å²) in [5.74, 6) is -0.309. The van der Waals surface area contributed by atoms with E-state index in [1.54, 1.807) is 48.5 Å². The van der Waals surface area contributed by atoms with Crippen LogP contribution in [0.2, 0.25) is 0 Å². The van der Waals surface area contributed by atoms with Crippen molar-refractivity contribution < 1.29 is 70.1 Å². The Morgan fingerprint density at radius 3 is 0.803 bits per heavy atom. The van der Waals surface area contributed by atoms with Gasteiger partial charge in [0.2, 0.25) is 5.78 Å². The summed E-state index contributed by atoms with van der Waals surface area (Å²) in [5.41, 5.74) is 0.757. The molecule has 17 heteroatoms. The van der Waals surface area contributed by atoms with Crippen molar-refractivity contribution in [1.82, 2.24) is 0 Å². The highest BCUT2D eigenvalue weighted by atomic mass is 31.2. The van der Waals surface area contributed by atoms with Crippen LogP contribution in [0.15, 0.2) is 121 Å². The highest BCUT2D eigenvalue weighted by Gasteiger charge is 2.31. The summed E-state index contributed by atoms with van der Waals surface area (Å²) in [6.45, 7) is 5.45. The molecular formula is C49H44O15P2. The van der Waals surface area contributed by atoms with E-state index in [0.717, 1.165) is 0 Å². The Balaban J connectivity index is 1.42. The van der Waals surface area contributed by atoms with Gasteiger partial charge in [-0.3, -0.25) is 24.0 Å². The average molecular weight is 935 g/mol. The van der Waals surface area contributed by atoms with Crippen molar-refractivity contribution in [1.29, 1.82) is 0 Å². The first-order valence-corrected chi connectivity index (χ1v) is 22.1. The molecule has 6 aromatic rings. The summed E-state index contributed by atoms with van der Waals surface area (Å²) in [6.07, 6.45) is 0. The molecule has 0 radical (unpaired) electrons. The monoisotopic (exact) mass is 934 g/mol. The first kappa shape index (κ1) is 48.0. The maximum absolute atomic E-state index is 14.8. The first-order valence-electron chi connectivity index (χ1n) is 19.9. The van der Waals surface area contributed by atoms with E-state index in [2.05, 4.69) is 0 Å². The predicted octanol–water partition coefficient (Wildman–Crippen LogP) is 11.3. The molecule has 0 bridgehead atoms. The quantitative estimate of drug-likeness (QED) is 0.0463. The van der Waals surface area contributed by atoms with E-state index in [1.165, 1.54) is 129 Å². The van der Waals surface area contributed by atoms with Gasteiger partial charge in [-0.1, -0.05) is 24.3 Å². The fourth-order valence-electron chi connectivity index (χ4n) is 6.19. The fourth-order valence-corrected chi connectivity index (χ4v) is 8.30. The smallest absolute Gasteiger partial charge is 0.497 e. The summed E-state index contributed by atoms with van der Waals surface area (Å²) < 4.78 is 59.7. The van der Waals surface area contributed by atoms with Gasteiger partial charge in [-0.05, 0) is 100 Å². The molecule has 0 aromatic heterocycles. The predicted molar refractivity (Wildman–Crippen MR) is 246 cm³/mol. The van der Waals surface area contributed by atoms with Crippen LogP contribution < -0.4 is 46.1 Å². The number of carbonyl (C=O) groups is 5. The van der Waals surface area contributed by atoms with Crippen molar-refractivity contribution >= 4 is 46.1 Å². The van der Waals surface area contributed by atoms with Crippen LogP contribution in [-0.2, 0) is 0 Å². The molecule has 0 saturated carbocycles. The Labute approximate surface area is 383 Å². The van der Waals surface area contributed by atoms with Crippen molar-refractivity contribution in [3.05, 3.63) is 155 Å². The van der Waals surface area contributed by atoms with Gasteiger partial charge < -0.3 is 46.1 Å². The van der Waals surface area contributed by atoms with Crippen molar-refractivity contribution in [3.8, 4) is 57.5 Å². The number of para-hydroxylation sites is 2. The van der Waals surface area contributed by atoms with Gasteiger partial charge in [-0.15, -0.1) is 0 Å². The zero-order chi connectivity index (χ0) is 47.5. The lowest BCUT2D eigenvalue weighted by Crippen LogP contribution is -2.11. The second-order valence-corrected chi connectivity index (χ2v) is 16.0. The van der Waals surface area contributed by atoms with E-state index in [1.807, 2.05) is 0 Å². The Morgan fingerprint density at radius 1 is 0.318 bits per heavy atom. The third-order valence-electron chi connectivity index (χ3n) is 9.57. The zero-order valence-electron chi connectivity index (χ0n) is 37.1. The normalized spacial score (nSPS) is 10.7. The number of ether oxygens (including phenoxy) is 4. The topological polar surface area (TPSA) is 178 Å². The van der Waals surface area contributed by atoms with Crippen LogP contribution in [0.4, 0.5) is 0 Å². The molecule has 0 atom stereocenters. The molecule has 340 valence electrons. The Kier molecular flexibility index (Phi) is 16.0. The van der Waals surface area contributed by atoms with Crippen LogP contribution in [-0.4, -0.2) is 57.4 Å². The van der Waals surface area contributed by atoms with E-state index < -0.39 is 23.0 Å². The summed E-state index contributed by atoms with van der Waals surface area (Å²) in [5, 5.41) is 0. The number of methoxy groups -OCH3 is 4. The summed E-state index contributed by atoms with van der Waals surface area (Å²) in [6, 6.07) is 31.0. The second kappa shape index (κ2) is 21.9. The fraction of sp³-hybridized carbons (Fsp3) is 0.163. The molecule has 6 aromatic carbocycles. The van der Waals surface area contributed by atoms with Gasteiger partial charge in [0.25, 0.3) is 0 Å². The molecule has 0 saturated heterocycles. The minimum absolute atomic E-state index is 0.0114. The number of rotatable bonds is 22. The summed E-state index contributed by atoms with van der Waals surface area (Å²) >= 11 is 0. The van der Waals surface area contributed by atoms with Gasteiger partial charge in [0.05, 0.1) is 61.8 Å². The van der Waals surface area contributed by atoms with Crippen LogP contribution in [0.25, 0.3) is 0 Å². The third-order valence-corrected chi connectivity index (χ3v) is 11.6. The van der Waals surface area contributed by atoms with E-state index in [0.29, 0.717) is 23.0 Å². The minimum Gasteiger partial charge on any atom is -0.497 e. The summed E-state index contributed by atoms with van der Waals surface area (Å²) in [4.78, 5) is 66.0. The van der Waals surface area contributed by atoms with Crippen LogP contribution in [0.3, 0.4) is 0 Å². The maximum atomic E-state index is 14.8. The molecule has 15 nitrogen and oxygen atoms in total. The van der Waals surface area contributed by atoms with E-state index in [4.69, 9.17) is 46.1 Å². The van der Waals surface area contributed by atoms with Gasteiger partial charge >= 0.3 is 17.2 Å². The van der Waals surface area contributed by atoms with E-state index in [9.17, 15) is 24.0 Å². The van der Waals surface area contributed by atoms with E-state index in [-0.39, 0.29) is 91.0 Å². The number of benzene rings is 6. The Bertz CT molecular complexity index is 2470. The molecule has 0 aliphatic carbocycles. The van der Waals surface area contributed by atoms with Crippen molar-refractivity contribution in [2.75, 3.05) is 28.4 Å². The first-order chi connectivity index (χ1) is 31.7. The van der Waals surface area contributed by atoms with Crippen molar-refractivity contribution in [3.63, 3.8) is 0 Å². The number of hydrogen-bond acceptors (Lipinski definition) is 15. The highest BCUT2D eigenvalue weighted by Crippen LogP contribution is 2.49. The zero-order valence-corrected chi connectivity index (χ0v) is 38.9. The molecule has 0 aliphatic rings. The molecule has 0 amide bonds. The number of ketones is 5. The van der Waals surface area contributed by atoms with Crippen LogP contribution in [0.1, 0.15) is 85.0 Å². The van der Waals surface area contributed by atoms with Gasteiger partial charge in [-0.2, -0.15) is 0 Å². The van der Waals surface area contributed by atoms with Crippen molar-refractivity contribution in [2.24, 2.45) is 0 Å². The molecule has 0 N–H and O–H groups in total. The lowest BCUT2D eigenvalue weighted by molar-refractivity contribution is 0.100. The maximum Gasteiger partial charge on any atom is 0.530 e. The Morgan fingerprint density at radius 2 is 0.561 bits per heavy atom. The minimum atomic E-state index is -2.63. The number of carbonyl (C=O) groups excluding carboxylic acids is 5. The second-order valence-electron chi connectivity index (χ2n) is 14.0. The van der Waals surface area contributed by atoms with Crippen LogP contribution in [0.5, 0.6) is 57.5 Å². The van der Waals surface area contributed by atoms with Gasteiger partial charge in [0.1, 0.15) is 57.5 Å². The largest absolute Gasteiger partial charge is 0.530 e. The standard InChI is InChI=1S/C49H44O15P2/c1-29(50)37-21-17-33(55-5)25-45(37)61-65(62-46-26-34(56-6)18-22-38(46)30(2)51)59-43-15-11-9-13-41(43)49(54)42-14-10-12-16-44(42)60-66(63-47-27-35(57-7)19-23-39(47)31(3)52)64-48-28-36(58-8)20-24-40(48)32(4)53/h9-28H,1-8H3. The van der Waals surface area contributed by atoms with Crippen molar-refractivity contribution in [2.45, 2.75) is 27.7 Å². The van der Waals surface area contributed by atoms with Gasteiger partial charge in [-0.25, -0.2) is 0 Å². The molecule has 0 heterocycles. The summed E-state index contributed by atoms with van der Waals surface area (Å²) in [7, 11) is 0.543. The molecular weight excluding hydrogens is 890 g/mol. The molecule has 0 spiro atoms. The lowest BCUT2D eigenvalue weighted by atomic mass is 10.0. The molecule has 0 fully saturated rings. The third kappa shape index (κ3) is 11.6. The van der Waals surface area contributed by atoms with Gasteiger partial charge in [0.15, 0.2) is 23.1 Å². The average Bonchev–Trinajstić information content (AvgIpc) is 3.31. The number of Topliss-reactive ketones (excluding diaryl/α,β-unsaturated/α-hetero) is 4. The van der Waals surface area contributed by atoms with E-state index >= 15 is 0 Å². The lowest BCUT2D eigenvalue weighted by Gasteiger charge is -2.22. The molecule has 6 rings (SSSR count). The van der Waals surface area contributed by atoms with Gasteiger partial charge in [0, 0.05) is 24.3 Å².